The molecule has 9 heteroatoms. The van der Waals surface area contributed by atoms with Crippen LogP contribution in [0.5, 0.6) is 0 Å². The number of hydrogen-bond donors (Lipinski definition) is 1. The van der Waals surface area contributed by atoms with Gasteiger partial charge in [0.2, 0.25) is 0 Å². The Bertz CT molecular complexity index is 1030. The van der Waals surface area contributed by atoms with Crippen molar-refractivity contribution in [3.63, 3.8) is 0 Å². The highest BCUT2D eigenvalue weighted by atomic mass is 32.1. The lowest BCUT2D eigenvalue weighted by molar-refractivity contribution is -0.119. The maximum Gasteiger partial charge on any atom is 0.340 e. The fourth-order valence-corrected chi connectivity index (χ4v) is 3.12. The highest BCUT2D eigenvalue weighted by Crippen LogP contribution is 2.21. The van der Waals surface area contributed by atoms with Gasteiger partial charge in [-0.2, -0.15) is 10.4 Å². The van der Waals surface area contributed by atoms with Gasteiger partial charge < -0.3 is 10.1 Å². The molecule has 0 fully saturated rings. The quantitative estimate of drug-likeness (QED) is 0.680. The first-order valence-electron chi connectivity index (χ1n) is 7.92. The number of rotatable bonds is 5. The molecule has 0 bridgehead atoms. The van der Waals surface area contributed by atoms with Gasteiger partial charge in [0.1, 0.15) is 11.1 Å². The lowest BCUT2D eigenvalue weighted by atomic mass is 10.3. The molecule has 0 saturated carbocycles. The average Bonchev–Trinajstić information content (AvgIpc) is 3.25. The van der Waals surface area contributed by atoms with Gasteiger partial charge in [-0.15, -0.1) is 11.3 Å². The normalized spacial score (nSPS) is 10.3. The molecule has 0 spiro atoms. The molecule has 0 aliphatic carbocycles. The summed E-state index contributed by atoms with van der Waals surface area (Å²) in [5.41, 5.74) is 2.39. The van der Waals surface area contributed by atoms with Gasteiger partial charge in [-0.05, 0) is 43.5 Å². The first-order chi connectivity index (χ1) is 13.0. The van der Waals surface area contributed by atoms with E-state index in [0.717, 1.165) is 11.4 Å². The largest absolute Gasteiger partial charge is 0.452 e. The van der Waals surface area contributed by atoms with Gasteiger partial charge in [0, 0.05) is 11.9 Å². The van der Waals surface area contributed by atoms with Crippen LogP contribution in [0, 0.1) is 25.2 Å². The first kappa shape index (κ1) is 18.3. The third-order valence-corrected chi connectivity index (χ3v) is 4.41. The van der Waals surface area contributed by atoms with E-state index in [-0.39, 0.29) is 5.56 Å². The molecule has 0 aliphatic heterocycles. The molecule has 136 valence electrons. The third-order valence-electron chi connectivity index (χ3n) is 3.58. The van der Waals surface area contributed by atoms with E-state index >= 15 is 0 Å². The Kier molecular flexibility index (Phi) is 5.28. The van der Waals surface area contributed by atoms with Crippen LogP contribution in [0.25, 0.3) is 5.82 Å². The minimum absolute atomic E-state index is 0.224. The summed E-state index contributed by atoms with van der Waals surface area (Å²) >= 11 is 1.22. The van der Waals surface area contributed by atoms with Crippen molar-refractivity contribution < 1.29 is 14.3 Å². The van der Waals surface area contributed by atoms with E-state index in [1.165, 1.54) is 17.5 Å². The molecule has 0 aromatic carbocycles. The second-order valence-electron chi connectivity index (χ2n) is 5.64. The minimum atomic E-state index is -0.663. The van der Waals surface area contributed by atoms with Crippen LogP contribution in [0.4, 0.5) is 5.00 Å². The van der Waals surface area contributed by atoms with Gasteiger partial charge in [0.05, 0.1) is 16.8 Å². The van der Waals surface area contributed by atoms with Crippen molar-refractivity contribution in [1.82, 2.24) is 14.8 Å². The Hall–Kier alpha value is -3.51. The fourth-order valence-electron chi connectivity index (χ4n) is 2.36. The molecule has 3 rings (SSSR count). The van der Waals surface area contributed by atoms with Gasteiger partial charge >= 0.3 is 5.97 Å². The summed E-state index contributed by atoms with van der Waals surface area (Å²) < 4.78 is 6.67. The third kappa shape index (κ3) is 4.19. The summed E-state index contributed by atoms with van der Waals surface area (Å²) in [6, 6.07) is 8.71. The van der Waals surface area contributed by atoms with E-state index in [0.29, 0.717) is 16.4 Å². The topological polar surface area (TPSA) is 110 Å². The fraction of sp³-hybridized carbons (Fsp3) is 0.167. The number of carbonyl (C=O) groups excluding carboxylic acids is 2. The Labute approximate surface area is 159 Å². The van der Waals surface area contributed by atoms with Gasteiger partial charge in [-0.3, -0.25) is 4.79 Å². The second kappa shape index (κ2) is 7.80. The molecule has 0 atom stereocenters. The van der Waals surface area contributed by atoms with Crippen molar-refractivity contribution in [3.8, 4) is 11.9 Å². The molecule has 8 nitrogen and oxygen atoms in total. The number of nitrogens with one attached hydrogen (secondary N) is 1. The van der Waals surface area contributed by atoms with Crippen molar-refractivity contribution in [2.24, 2.45) is 0 Å². The monoisotopic (exact) mass is 381 g/mol. The number of aryl methyl sites for hydroxylation is 2. The van der Waals surface area contributed by atoms with Gasteiger partial charge in [0.25, 0.3) is 5.91 Å². The highest BCUT2D eigenvalue weighted by Gasteiger charge is 2.13. The number of carbonyl (C=O) groups is 2. The molecule has 0 radical (unpaired) electrons. The maximum absolute atomic E-state index is 12.1. The van der Waals surface area contributed by atoms with E-state index in [1.54, 1.807) is 28.3 Å². The molecule has 0 unspecified atom stereocenters. The zero-order valence-corrected chi connectivity index (χ0v) is 15.4. The Balaban J connectivity index is 1.59. The zero-order valence-electron chi connectivity index (χ0n) is 14.6. The molecule has 3 aromatic heterocycles. The molecule has 3 aromatic rings. The summed E-state index contributed by atoms with van der Waals surface area (Å²) in [5, 5.41) is 17.9. The number of pyridine rings is 1. The molecular formula is C18H15N5O3S. The lowest BCUT2D eigenvalue weighted by Crippen LogP contribution is -2.21. The van der Waals surface area contributed by atoms with Crippen molar-refractivity contribution in [2.45, 2.75) is 13.8 Å². The van der Waals surface area contributed by atoms with Crippen molar-refractivity contribution >= 4 is 28.2 Å². The van der Waals surface area contributed by atoms with Gasteiger partial charge in [-0.1, -0.05) is 0 Å². The van der Waals surface area contributed by atoms with Crippen LogP contribution in [-0.2, 0) is 9.53 Å². The summed E-state index contributed by atoms with van der Waals surface area (Å²) in [6.45, 7) is 3.34. The minimum Gasteiger partial charge on any atom is -0.452 e. The van der Waals surface area contributed by atoms with Crippen molar-refractivity contribution in [2.75, 3.05) is 11.9 Å². The number of anilines is 1. The second-order valence-corrected chi connectivity index (χ2v) is 6.56. The number of nitriles is 1. The van der Waals surface area contributed by atoms with E-state index in [4.69, 9.17) is 10.00 Å². The number of amides is 1. The highest BCUT2D eigenvalue weighted by molar-refractivity contribution is 7.14. The molecule has 3 heterocycles. The predicted octanol–water partition coefficient (Wildman–Crippen LogP) is 2.61. The van der Waals surface area contributed by atoms with Crippen molar-refractivity contribution in [1.29, 1.82) is 5.26 Å². The van der Waals surface area contributed by atoms with Crippen LogP contribution in [0.15, 0.2) is 35.8 Å². The Morgan fingerprint density at radius 2 is 2.15 bits per heavy atom. The van der Waals surface area contributed by atoms with Crippen LogP contribution in [0.2, 0.25) is 0 Å². The van der Waals surface area contributed by atoms with Crippen LogP contribution >= 0.6 is 11.3 Å². The number of thiophene rings is 1. The maximum atomic E-state index is 12.1. The number of nitrogens with zero attached hydrogens (tertiary/aromatic N) is 4. The van der Waals surface area contributed by atoms with Crippen molar-refractivity contribution in [3.05, 3.63) is 58.4 Å². The van der Waals surface area contributed by atoms with Crippen LogP contribution < -0.4 is 5.32 Å². The first-order valence-corrected chi connectivity index (χ1v) is 8.80. The molecule has 27 heavy (non-hydrogen) atoms. The smallest absolute Gasteiger partial charge is 0.340 e. The predicted molar refractivity (Wildman–Crippen MR) is 98.8 cm³/mol. The molecule has 1 N–H and O–H groups in total. The Morgan fingerprint density at radius 3 is 2.78 bits per heavy atom. The lowest BCUT2D eigenvalue weighted by Gasteiger charge is -2.07. The molecular weight excluding hydrogens is 366 g/mol. The van der Waals surface area contributed by atoms with E-state index < -0.39 is 18.5 Å². The summed E-state index contributed by atoms with van der Waals surface area (Å²) in [4.78, 5) is 28.2. The standard InChI is InChI=1S/C18H15N5O3S/c1-11-7-12(2)23(22-11)15-4-3-14(9-20-15)18(25)26-10-16(24)21-17-13(8-19)5-6-27-17/h3-7,9H,10H2,1-2H3,(H,21,24). The Morgan fingerprint density at radius 1 is 1.33 bits per heavy atom. The van der Waals surface area contributed by atoms with Crippen LogP contribution in [-0.4, -0.2) is 33.2 Å². The van der Waals surface area contributed by atoms with Gasteiger partial charge in [0.15, 0.2) is 12.4 Å². The summed E-state index contributed by atoms with van der Waals surface area (Å²) in [5.74, 6) is -0.601. The van der Waals surface area contributed by atoms with E-state index in [9.17, 15) is 9.59 Å². The summed E-state index contributed by atoms with van der Waals surface area (Å²) in [7, 11) is 0. The number of ether oxygens (including phenoxy) is 1. The molecule has 1 amide bonds. The van der Waals surface area contributed by atoms with E-state index in [2.05, 4.69) is 15.4 Å². The van der Waals surface area contributed by atoms with Crippen LogP contribution in [0.3, 0.4) is 0 Å². The zero-order chi connectivity index (χ0) is 19.4. The number of esters is 1. The van der Waals surface area contributed by atoms with E-state index in [1.807, 2.05) is 26.0 Å². The number of aromatic nitrogens is 3. The molecule has 0 saturated heterocycles. The van der Waals surface area contributed by atoms with Crippen LogP contribution in [0.1, 0.15) is 27.3 Å². The molecule has 0 aliphatic rings. The average molecular weight is 381 g/mol. The van der Waals surface area contributed by atoms with Gasteiger partial charge in [-0.25, -0.2) is 14.5 Å². The number of hydrogen-bond acceptors (Lipinski definition) is 7. The SMILES string of the molecule is Cc1cc(C)n(-c2ccc(C(=O)OCC(=O)Nc3sccc3C#N)cn2)n1. The summed E-state index contributed by atoms with van der Waals surface area (Å²) in [6.07, 6.45) is 1.37.